The minimum Gasteiger partial charge on any atom is -0.397 e. The molecule has 1 aromatic rings. The normalized spacial score (nSPS) is 10.8. The van der Waals surface area contributed by atoms with Crippen LogP contribution >= 0.6 is 11.6 Å². The predicted molar refractivity (Wildman–Crippen MR) is 53.1 cm³/mol. The Morgan fingerprint density at radius 2 is 2.42 bits per heavy atom. The van der Waals surface area contributed by atoms with Crippen LogP contribution in [-0.2, 0) is 0 Å². The highest BCUT2D eigenvalue weighted by Gasteiger charge is 1.93. The van der Waals surface area contributed by atoms with Crippen molar-refractivity contribution in [2.24, 2.45) is 0 Å². The van der Waals surface area contributed by atoms with Crippen LogP contribution in [0.25, 0.3) is 6.08 Å². The quantitative estimate of drug-likeness (QED) is 0.713. The van der Waals surface area contributed by atoms with Crippen LogP contribution in [0.15, 0.2) is 18.3 Å². The standard InChI is InChI=1S/C9H11ClN2/c1-7-9(11)5-8(6-12-7)3-2-4-10/h2-3,5-6H,4,11H2,1H3. The van der Waals surface area contributed by atoms with E-state index in [-0.39, 0.29) is 0 Å². The zero-order valence-corrected chi connectivity index (χ0v) is 7.67. The van der Waals surface area contributed by atoms with Gasteiger partial charge < -0.3 is 5.73 Å². The molecule has 0 radical (unpaired) electrons. The number of aromatic nitrogens is 1. The highest BCUT2D eigenvalue weighted by atomic mass is 35.5. The highest BCUT2D eigenvalue weighted by molar-refractivity contribution is 6.19. The number of hydrogen-bond acceptors (Lipinski definition) is 2. The Morgan fingerprint density at radius 1 is 1.67 bits per heavy atom. The molecular formula is C9H11ClN2. The maximum Gasteiger partial charge on any atom is 0.0602 e. The predicted octanol–water partition coefficient (Wildman–Crippen LogP) is 2.22. The lowest BCUT2D eigenvalue weighted by Gasteiger charge is -1.98. The smallest absolute Gasteiger partial charge is 0.0602 e. The second kappa shape index (κ2) is 4.12. The van der Waals surface area contributed by atoms with E-state index in [0.717, 1.165) is 11.3 Å². The van der Waals surface area contributed by atoms with Crippen molar-refractivity contribution in [1.29, 1.82) is 0 Å². The van der Waals surface area contributed by atoms with Crippen molar-refractivity contribution in [3.8, 4) is 0 Å². The van der Waals surface area contributed by atoms with Crippen LogP contribution in [0, 0.1) is 6.92 Å². The van der Waals surface area contributed by atoms with Crippen LogP contribution in [0.3, 0.4) is 0 Å². The van der Waals surface area contributed by atoms with Gasteiger partial charge in [0.05, 0.1) is 11.4 Å². The van der Waals surface area contributed by atoms with Gasteiger partial charge in [0.2, 0.25) is 0 Å². The third kappa shape index (κ3) is 2.24. The van der Waals surface area contributed by atoms with Gasteiger partial charge in [0.1, 0.15) is 0 Å². The molecule has 1 heterocycles. The molecule has 0 saturated heterocycles. The number of pyridine rings is 1. The SMILES string of the molecule is Cc1ncc(C=CCCl)cc1N. The van der Waals surface area contributed by atoms with E-state index in [1.54, 1.807) is 6.20 Å². The molecular weight excluding hydrogens is 172 g/mol. The molecule has 0 spiro atoms. The number of halogens is 1. The van der Waals surface area contributed by atoms with E-state index in [0.29, 0.717) is 11.6 Å². The molecule has 2 nitrogen and oxygen atoms in total. The molecule has 1 rings (SSSR count). The van der Waals surface area contributed by atoms with Gasteiger partial charge in [-0.2, -0.15) is 0 Å². The minimum absolute atomic E-state index is 0.508. The Kier molecular flexibility index (Phi) is 3.11. The fourth-order valence-corrected chi connectivity index (χ4v) is 0.928. The molecule has 1 aromatic heterocycles. The molecule has 0 amide bonds. The Balaban J connectivity index is 2.89. The highest BCUT2D eigenvalue weighted by Crippen LogP contribution is 2.10. The van der Waals surface area contributed by atoms with Gasteiger partial charge in [0, 0.05) is 12.1 Å². The lowest BCUT2D eigenvalue weighted by atomic mass is 10.2. The summed E-state index contributed by atoms with van der Waals surface area (Å²) in [6, 6.07) is 1.88. The average Bonchev–Trinajstić information content (AvgIpc) is 2.07. The van der Waals surface area contributed by atoms with Gasteiger partial charge in [0.25, 0.3) is 0 Å². The summed E-state index contributed by atoms with van der Waals surface area (Å²) >= 11 is 5.48. The number of nitrogens with zero attached hydrogens (tertiary/aromatic N) is 1. The molecule has 2 N–H and O–H groups in total. The number of rotatable bonds is 2. The van der Waals surface area contributed by atoms with Crippen molar-refractivity contribution in [1.82, 2.24) is 4.98 Å². The Bertz CT molecular complexity index is 295. The third-order valence-electron chi connectivity index (χ3n) is 1.55. The summed E-state index contributed by atoms with van der Waals surface area (Å²) in [7, 11) is 0. The zero-order valence-electron chi connectivity index (χ0n) is 6.92. The Labute approximate surface area is 77.1 Å². The van der Waals surface area contributed by atoms with Gasteiger partial charge in [-0.1, -0.05) is 12.2 Å². The maximum atomic E-state index is 5.66. The number of aryl methyl sites for hydroxylation is 1. The topological polar surface area (TPSA) is 38.9 Å². The number of nitrogens with two attached hydrogens (primary N) is 1. The van der Waals surface area contributed by atoms with E-state index in [9.17, 15) is 0 Å². The van der Waals surface area contributed by atoms with Gasteiger partial charge in [-0.3, -0.25) is 4.98 Å². The number of hydrogen-bond donors (Lipinski definition) is 1. The minimum atomic E-state index is 0.508. The molecule has 0 saturated carbocycles. The monoisotopic (exact) mass is 182 g/mol. The third-order valence-corrected chi connectivity index (χ3v) is 1.72. The van der Waals surface area contributed by atoms with Crippen molar-refractivity contribution in [2.75, 3.05) is 11.6 Å². The summed E-state index contributed by atoms with van der Waals surface area (Å²) in [4.78, 5) is 4.11. The fourth-order valence-electron chi connectivity index (χ4n) is 0.839. The van der Waals surface area contributed by atoms with Gasteiger partial charge in [-0.25, -0.2) is 0 Å². The molecule has 0 aliphatic heterocycles. The number of allylic oxidation sites excluding steroid dienone is 1. The van der Waals surface area contributed by atoms with Gasteiger partial charge in [-0.15, -0.1) is 11.6 Å². The summed E-state index contributed by atoms with van der Waals surface area (Å²) < 4.78 is 0. The van der Waals surface area contributed by atoms with E-state index in [1.807, 2.05) is 25.1 Å². The van der Waals surface area contributed by atoms with Crippen molar-refractivity contribution in [3.63, 3.8) is 0 Å². The largest absolute Gasteiger partial charge is 0.397 e. The lowest BCUT2D eigenvalue weighted by molar-refractivity contribution is 1.20. The first-order valence-corrected chi connectivity index (χ1v) is 4.22. The first kappa shape index (κ1) is 9.07. The molecule has 3 heteroatoms. The summed E-state index contributed by atoms with van der Waals surface area (Å²) in [6.07, 6.45) is 5.53. The summed E-state index contributed by atoms with van der Waals surface area (Å²) in [6.45, 7) is 1.88. The molecule has 64 valence electrons. The lowest BCUT2D eigenvalue weighted by Crippen LogP contribution is -1.92. The van der Waals surface area contributed by atoms with Gasteiger partial charge in [-0.05, 0) is 18.6 Å². The molecule has 0 aromatic carbocycles. The molecule has 0 fully saturated rings. The second-order valence-corrected chi connectivity index (χ2v) is 2.81. The molecule has 0 aliphatic rings. The summed E-state index contributed by atoms with van der Waals surface area (Å²) in [5, 5.41) is 0. The van der Waals surface area contributed by atoms with Crippen LogP contribution in [0.5, 0.6) is 0 Å². The average molecular weight is 183 g/mol. The molecule has 12 heavy (non-hydrogen) atoms. The van der Waals surface area contributed by atoms with Gasteiger partial charge >= 0.3 is 0 Å². The molecule has 0 aliphatic carbocycles. The van der Waals surface area contributed by atoms with Crippen molar-refractivity contribution < 1.29 is 0 Å². The van der Waals surface area contributed by atoms with Crippen molar-refractivity contribution in [3.05, 3.63) is 29.6 Å². The summed E-state index contributed by atoms with van der Waals surface area (Å²) in [5.41, 5.74) is 8.22. The van der Waals surface area contributed by atoms with Crippen LogP contribution < -0.4 is 5.73 Å². The van der Waals surface area contributed by atoms with Crippen molar-refractivity contribution >= 4 is 23.4 Å². The first-order chi connectivity index (χ1) is 5.74. The fraction of sp³-hybridized carbons (Fsp3) is 0.222. The molecule has 0 unspecified atom stereocenters. The molecule has 0 atom stereocenters. The van der Waals surface area contributed by atoms with E-state index in [1.165, 1.54) is 0 Å². The Morgan fingerprint density at radius 3 is 3.00 bits per heavy atom. The maximum absolute atomic E-state index is 5.66. The first-order valence-electron chi connectivity index (χ1n) is 3.68. The van der Waals surface area contributed by atoms with Crippen LogP contribution in [0.1, 0.15) is 11.3 Å². The van der Waals surface area contributed by atoms with Crippen LogP contribution in [-0.4, -0.2) is 10.9 Å². The summed E-state index contributed by atoms with van der Waals surface area (Å²) in [5.74, 6) is 0.508. The zero-order chi connectivity index (χ0) is 8.97. The van der Waals surface area contributed by atoms with Crippen LogP contribution in [0.4, 0.5) is 5.69 Å². The molecule has 0 bridgehead atoms. The second-order valence-electron chi connectivity index (χ2n) is 2.50. The number of alkyl halides is 1. The van der Waals surface area contributed by atoms with E-state index in [4.69, 9.17) is 17.3 Å². The van der Waals surface area contributed by atoms with Gasteiger partial charge in [0.15, 0.2) is 0 Å². The van der Waals surface area contributed by atoms with Crippen LogP contribution in [0.2, 0.25) is 0 Å². The number of anilines is 1. The van der Waals surface area contributed by atoms with E-state index < -0.39 is 0 Å². The van der Waals surface area contributed by atoms with E-state index in [2.05, 4.69) is 4.98 Å². The van der Waals surface area contributed by atoms with E-state index >= 15 is 0 Å². The van der Waals surface area contributed by atoms with Crippen molar-refractivity contribution in [2.45, 2.75) is 6.92 Å². The Hall–Kier alpha value is -1.02. The number of nitrogen functional groups attached to an aromatic ring is 1.